The van der Waals surface area contributed by atoms with Gasteiger partial charge >= 0.3 is 0 Å². The number of hydrogen-bond donors (Lipinski definition) is 1. The molecule has 0 aromatic heterocycles. The summed E-state index contributed by atoms with van der Waals surface area (Å²) in [5, 5.41) is 9.08. The van der Waals surface area contributed by atoms with Crippen LogP contribution in [0.25, 0.3) is 0 Å². The van der Waals surface area contributed by atoms with Gasteiger partial charge in [0.05, 0.1) is 6.61 Å². The quantitative estimate of drug-likeness (QED) is 0.842. The summed E-state index contributed by atoms with van der Waals surface area (Å²) >= 11 is 5.10. The van der Waals surface area contributed by atoms with Crippen LogP contribution in [0, 0.1) is 0 Å². The highest BCUT2D eigenvalue weighted by molar-refractivity contribution is 9.10. The molecule has 2 aromatic carbocycles. The molecule has 0 heterocycles. The Balaban J connectivity index is 2.15. The molecule has 0 fully saturated rings. The lowest BCUT2D eigenvalue weighted by Gasteiger charge is -2.08. The Morgan fingerprint density at radius 3 is 2.33 bits per heavy atom. The van der Waals surface area contributed by atoms with Gasteiger partial charge in [0.2, 0.25) is 0 Å². The molecule has 0 aliphatic rings. The number of ether oxygens (including phenoxy) is 1. The van der Waals surface area contributed by atoms with Crippen molar-refractivity contribution in [3.8, 4) is 11.5 Å². The molecule has 0 aliphatic heterocycles. The minimum Gasteiger partial charge on any atom is -0.457 e. The van der Waals surface area contributed by atoms with E-state index in [0.29, 0.717) is 0 Å². The third kappa shape index (κ3) is 3.28. The Morgan fingerprint density at radius 2 is 1.78 bits per heavy atom. The van der Waals surface area contributed by atoms with Gasteiger partial charge in [-0.15, -0.1) is 11.8 Å². The van der Waals surface area contributed by atoms with Crippen LogP contribution in [0.4, 0.5) is 0 Å². The van der Waals surface area contributed by atoms with Gasteiger partial charge in [-0.2, -0.15) is 0 Å². The molecular formula is C14H13BrO2S. The van der Waals surface area contributed by atoms with E-state index in [9.17, 15) is 0 Å². The minimum absolute atomic E-state index is 0.0171. The van der Waals surface area contributed by atoms with Crippen LogP contribution in [0.15, 0.2) is 51.8 Å². The van der Waals surface area contributed by atoms with E-state index in [4.69, 9.17) is 9.84 Å². The zero-order chi connectivity index (χ0) is 13.0. The summed E-state index contributed by atoms with van der Waals surface area (Å²) < 4.78 is 6.59. The molecule has 0 amide bonds. The maximum absolute atomic E-state index is 9.08. The number of aliphatic hydroxyl groups excluding tert-OH is 1. The van der Waals surface area contributed by atoms with Crippen molar-refractivity contribution in [2.45, 2.75) is 11.5 Å². The molecule has 0 atom stereocenters. The summed E-state index contributed by atoms with van der Waals surface area (Å²) in [5.41, 5.74) is 0.847. The number of aliphatic hydroxyl groups is 1. The van der Waals surface area contributed by atoms with E-state index < -0.39 is 0 Å². The second kappa shape index (κ2) is 6.27. The topological polar surface area (TPSA) is 29.5 Å². The first kappa shape index (κ1) is 13.5. The fourth-order valence-electron chi connectivity index (χ4n) is 1.50. The first-order chi connectivity index (χ1) is 8.72. The van der Waals surface area contributed by atoms with Gasteiger partial charge in [0.25, 0.3) is 0 Å². The predicted octanol–water partition coefficient (Wildman–Crippen LogP) is 4.46. The second-order valence-electron chi connectivity index (χ2n) is 3.69. The van der Waals surface area contributed by atoms with E-state index in [1.807, 2.05) is 48.7 Å². The van der Waals surface area contributed by atoms with Crippen LogP contribution in [0.3, 0.4) is 0 Å². The van der Waals surface area contributed by atoms with Gasteiger partial charge in [0, 0.05) is 9.37 Å². The number of hydrogen-bond acceptors (Lipinski definition) is 3. The van der Waals surface area contributed by atoms with Crippen molar-refractivity contribution in [3.05, 3.63) is 52.5 Å². The molecule has 4 heteroatoms. The molecule has 2 aromatic rings. The van der Waals surface area contributed by atoms with Crippen molar-refractivity contribution in [3.63, 3.8) is 0 Å². The third-order valence-electron chi connectivity index (χ3n) is 2.49. The molecule has 18 heavy (non-hydrogen) atoms. The SMILES string of the molecule is CSc1ccc(Oc2ccc(CO)c(Br)c2)cc1. The van der Waals surface area contributed by atoms with E-state index in [1.165, 1.54) is 4.90 Å². The van der Waals surface area contributed by atoms with Gasteiger partial charge in [-0.1, -0.05) is 22.0 Å². The molecule has 2 rings (SSSR count). The van der Waals surface area contributed by atoms with E-state index in [-0.39, 0.29) is 6.61 Å². The van der Waals surface area contributed by atoms with E-state index in [1.54, 1.807) is 11.8 Å². The van der Waals surface area contributed by atoms with Gasteiger partial charge in [-0.25, -0.2) is 0 Å². The van der Waals surface area contributed by atoms with Gasteiger partial charge in [-0.3, -0.25) is 0 Å². The highest BCUT2D eigenvalue weighted by Crippen LogP contribution is 2.28. The molecular weight excluding hydrogens is 312 g/mol. The molecule has 0 saturated heterocycles. The smallest absolute Gasteiger partial charge is 0.128 e. The van der Waals surface area contributed by atoms with Crippen LogP contribution in [-0.4, -0.2) is 11.4 Å². The van der Waals surface area contributed by atoms with Gasteiger partial charge < -0.3 is 9.84 Å². The maximum atomic E-state index is 9.08. The lowest BCUT2D eigenvalue weighted by molar-refractivity contribution is 0.281. The standard InChI is InChI=1S/C14H13BrO2S/c1-18-13-6-4-11(5-7-13)17-12-3-2-10(9-16)14(15)8-12/h2-8,16H,9H2,1H3. The highest BCUT2D eigenvalue weighted by Gasteiger charge is 2.02. The van der Waals surface area contributed by atoms with Crippen molar-refractivity contribution < 1.29 is 9.84 Å². The number of rotatable bonds is 4. The Labute approximate surface area is 119 Å². The Morgan fingerprint density at radius 1 is 1.11 bits per heavy atom. The molecule has 94 valence electrons. The van der Waals surface area contributed by atoms with Crippen LogP contribution in [-0.2, 0) is 6.61 Å². The summed E-state index contributed by atoms with van der Waals surface area (Å²) in [4.78, 5) is 1.21. The second-order valence-corrected chi connectivity index (χ2v) is 5.42. The van der Waals surface area contributed by atoms with Crippen molar-refractivity contribution in [2.24, 2.45) is 0 Å². The number of benzene rings is 2. The highest BCUT2D eigenvalue weighted by atomic mass is 79.9. The van der Waals surface area contributed by atoms with Crippen molar-refractivity contribution >= 4 is 27.7 Å². The zero-order valence-electron chi connectivity index (χ0n) is 9.89. The number of halogens is 1. The number of thioether (sulfide) groups is 1. The minimum atomic E-state index is 0.0171. The van der Waals surface area contributed by atoms with Crippen LogP contribution in [0.5, 0.6) is 11.5 Å². The zero-order valence-corrected chi connectivity index (χ0v) is 12.3. The Bertz CT molecular complexity index is 526. The van der Waals surface area contributed by atoms with Crippen LogP contribution >= 0.6 is 27.7 Å². The van der Waals surface area contributed by atoms with Gasteiger partial charge in [0.1, 0.15) is 11.5 Å². The monoisotopic (exact) mass is 324 g/mol. The molecule has 0 radical (unpaired) electrons. The molecule has 0 unspecified atom stereocenters. The summed E-state index contributed by atoms with van der Waals surface area (Å²) in [6, 6.07) is 13.5. The molecule has 2 nitrogen and oxygen atoms in total. The van der Waals surface area contributed by atoms with Crippen LogP contribution < -0.4 is 4.74 Å². The Hall–Kier alpha value is -0.970. The Kier molecular flexibility index (Phi) is 4.69. The van der Waals surface area contributed by atoms with E-state index in [2.05, 4.69) is 15.9 Å². The fourth-order valence-corrected chi connectivity index (χ4v) is 2.39. The molecule has 1 N–H and O–H groups in total. The first-order valence-corrected chi connectivity index (χ1v) is 7.46. The van der Waals surface area contributed by atoms with Crippen molar-refractivity contribution in [1.29, 1.82) is 0 Å². The third-order valence-corrected chi connectivity index (χ3v) is 3.97. The lowest BCUT2D eigenvalue weighted by atomic mass is 10.2. The normalized spacial score (nSPS) is 10.4. The molecule has 0 bridgehead atoms. The summed E-state index contributed by atoms with van der Waals surface area (Å²) in [7, 11) is 0. The van der Waals surface area contributed by atoms with Crippen LogP contribution in [0.2, 0.25) is 0 Å². The summed E-state index contributed by atoms with van der Waals surface area (Å²) in [6.07, 6.45) is 2.04. The van der Waals surface area contributed by atoms with E-state index in [0.717, 1.165) is 21.5 Å². The molecule has 0 spiro atoms. The molecule has 0 saturated carbocycles. The van der Waals surface area contributed by atoms with Crippen molar-refractivity contribution in [2.75, 3.05) is 6.26 Å². The summed E-state index contributed by atoms with van der Waals surface area (Å²) in [6.45, 7) is 0.0171. The predicted molar refractivity (Wildman–Crippen MR) is 78.4 cm³/mol. The maximum Gasteiger partial charge on any atom is 0.128 e. The average Bonchev–Trinajstić information content (AvgIpc) is 2.40. The summed E-state index contributed by atoms with van der Waals surface area (Å²) in [5.74, 6) is 1.55. The van der Waals surface area contributed by atoms with E-state index >= 15 is 0 Å². The van der Waals surface area contributed by atoms with Crippen LogP contribution in [0.1, 0.15) is 5.56 Å². The van der Waals surface area contributed by atoms with Crippen molar-refractivity contribution in [1.82, 2.24) is 0 Å². The van der Waals surface area contributed by atoms with Gasteiger partial charge in [-0.05, 0) is 48.2 Å². The average molecular weight is 325 g/mol. The molecule has 0 aliphatic carbocycles. The largest absolute Gasteiger partial charge is 0.457 e. The fraction of sp³-hybridized carbons (Fsp3) is 0.143. The van der Waals surface area contributed by atoms with Gasteiger partial charge in [0.15, 0.2) is 0 Å². The lowest BCUT2D eigenvalue weighted by Crippen LogP contribution is -1.88. The first-order valence-electron chi connectivity index (χ1n) is 5.44.